The Kier molecular flexibility index (Phi) is 3.65. The predicted octanol–water partition coefficient (Wildman–Crippen LogP) is 3.92. The zero-order valence-electron chi connectivity index (χ0n) is 10.9. The minimum atomic E-state index is -0.466. The molecule has 1 nitrogen and oxygen atoms in total. The van der Waals surface area contributed by atoms with E-state index in [4.69, 9.17) is 0 Å². The molecule has 1 rings (SSSR count). The smallest absolute Gasteiger partial charge is 0.0617 e. The summed E-state index contributed by atoms with van der Waals surface area (Å²) >= 11 is 0. The Morgan fingerprint density at radius 1 is 1.53 bits per heavy atom. The molecule has 15 heavy (non-hydrogen) atoms. The first-order valence-electron chi connectivity index (χ1n) is 6.19. The Morgan fingerprint density at radius 3 is 2.53 bits per heavy atom. The molecule has 1 aliphatic rings. The summed E-state index contributed by atoms with van der Waals surface area (Å²) in [5, 5.41) is 10.0. The third kappa shape index (κ3) is 2.84. The Bertz CT molecular complexity index is 248. The maximum absolute atomic E-state index is 10.0. The van der Waals surface area contributed by atoms with Crippen molar-refractivity contribution >= 4 is 0 Å². The van der Waals surface area contributed by atoms with Gasteiger partial charge in [-0.1, -0.05) is 32.4 Å². The summed E-state index contributed by atoms with van der Waals surface area (Å²) in [5.41, 5.74) is 1.39. The van der Waals surface area contributed by atoms with Gasteiger partial charge in [0.15, 0.2) is 0 Å². The Balaban J connectivity index is 2.49. The molecule has 0 bridgehead atoms. The summed E-state index contributed by atoms with van der Waals surface area (Å²) in [6.45, 7) is 10.9. The van der Waals surface area contributed by atoms with Crippen molar-refractivity contribution in [3.63, 3.8) is 0 Å². The van der Waals surface area contributed by atoms with Crippen LogP contribution in [0.5, 0.6) is 0 Å². The second kappa shape index (κ2) is 4.29. The summed E-state index contributed by atoms with van der Waals surface area (Å²) in [6.07, 6.45) is 6.48. The van der Waals surface area contributed by atoms with Gasteiger partial charge in [0.25, 0.3) is 0 Å². The van der Waals surface area contributed by atoms with Crippen molar-refractivity contribution in [2.75, 3.05) is 0 Å². The number of rotatable bonds is 4. The van der Waals surface area contributed by atoms with Crippen LogP contribution in [0.2, 0.25) is 0 Å². The van der Waals surface area contributed by atoms with Gasteiger partial charge in [-0.15, -0.1) is 0 Å². The van der Waals surface area contributed by atoms with Gasteiger partial charge in [0.1, 0.15) is 0 Å². The largest absolute Gasteiger partial charge is 0.390 e. The topological polar surface area (TPSA) is 20.2 Å². The summed E-state index contributed by atoms with van der Waals surface area (Å²) < 4.78 is 0. The van der Waals surface area contributed by atoms with Gasteiger partial charge >= 0.3 is 0 Å². The van der Waals surface area contributed by atoms with Crippen LogP contribution >= 0.6 is 0 Å². The SMILES string of the molecule is CCC(C)(O)CCC1CC=C(C)C1(C)C. The summed E-state index contributed by atoms with van der Waals surface area (Å²) in [6, 6.07) is 0. The molecule has 0 fully saturated rings. The molecule has 0 saturated carbocycles. The van der Waals surface area contributed by atoms with Crippen molar-refractivity contribution in [2.24, 2.45) is 11.3 Å². The molecule has 2 atom stereocenters. The zero-order valence-corrected chi connectivity index (χ0v) is 10.9. The van der Waals surface area contributed by atoms with E-state index in [0.29, 0.717) is 5.41 Å². The molecule has 1 aliphatic carbocycles. The van der Waals surface area contributed by atoms with Crippen molar-refractivity contribution in [3.8, 4) is 0 Å². The summed E-state index contributed by atoms with van der Waals surface area (Å²) in [5.74, 6) is 0.718. The van der Waals surface area contributed by atoms with Gasteiger partial charge in [0.05, 0.1) is 5.60 Å². The van der Waals surface area contributed by atoms with Crippen molar-refractivity contribution in [1.29, 1.82) is 0 Å². The van der Waals surface area contributed by atoms with Crippen molar-refractivity contribution in [1.82, 2.24) is 0 Å². The molecule has 88 valence electrons. The highest BCUT2D eigenvalue weighted by Crippen LogP contribution is 2.45. The molecule has 0 aliphatic heterocycles. The monoisotopic (exact) mass is 210 g/mol. The molecular formula is C14H26O. The highest BCUT2D eigenvalue weighted by Gasteiger charge is 2.35. The molecule has 0 amide bonds. The van der Waals surface area contributed by atoms with E-state index in [2.05, 4.69) is 33.8 Å². The predicted molar refractivity (Wildman–Crippen MR) is 65.8 cm³/mol. The van der Waals surface area contributed by atoms with Crippen LogP contribution in [0.4, 0.5) is 0 Å². The second-order valence-corrected chi connectivity index (χ2v) is 5.93. The fourth-order valence-electron chi connectivity index (χ4n) is 2.34. The van der Waals surface area contributed by atoms with Gasteiger partial charge in [-0.2, -0.15) is 0 Å². The molecule has 2 unspecified atom stereocenters. The quantitative estimate of drug-likeness (QED) is 0.697. The van der Waals surface area contributed by atoms with Crippen molar-refractivity contribution < 1.29 is 5.11 Å². The zero-order chi connectivity index (χ0) is 11.7. The molecule has 0 aromatic carbocycles. The minimum absolute atomic E-state index is 0.337. The lowest BCUT2D eigenvalue weighted by Crippen LogP contribution is -2.27. The van der Waals surface area contributed by atoms with Crippen LogP contribution in [-0.4, -0.2) is 10.7 Å². The summed E-state index contributed by atoms with van der Waals surface area (Å²) in [7, 11) is 0. The maximum Gasteiger partial charge on any atom is 0.0617 e. The Labute approximate surface area is 94.6 Å². The standard InChI is InChI=1S/C14H26O/c1-6-14(5,15)10-9-12-8-7-11(2)13(12,3)4/h7,12,15H,6,8-10H2,1-5H3. The second-order valence-electron chi connectivity index (χ2n) is 5.93. The lowest BCUT2D eigenvalue weighted by molar-refractivity contribution is 0.0358. The molecule has 0 heterocycles. The van der Waals surface area contributed by atoms with Crippen LogP contribution in [0.25, 0.3) is 0 Å². The third-order valence-corrected chi connectivity index (χ3v) is 4.54. The number of hydrogen-bond donors (Lipinski definition) is 1. The highest BCUT2D eigenvalue weighted by atomic mass is 16.3. The highest BCUT2D eigenvalue weighted by molar-refractivity contribution is 5.18. The van der Waals surface area contributed by atoms with E-state index in [1.54, 1.807) is 0 Å². The van der Waals surface area contributed by atoms with Gasteiger partial charge in [-0.05, 0) is 50.9 Å². The molecule has 1 heteroatoms. The first-order chi connectivity index (χ1) is 6.79. The van der Waals surface area contributed by atoms with E-state index in [9.17, 15) is 5.11 Å². The first-order valence-corrected chi connectivity index (χ1v) is 6.19. The lowest BCUT2D eigenvalue weighted by Gasteiger charge is -2.32. The van der Waals surface area contributed by atoms with Crippen LogP contribution in [0.1, 0.15) is 60.3 Å². The van der Waals surface area contributed by atoms with Crippen molar-refractivity contribution in [3.05, 3.63) is 11.6 Å². The summed E-state index contributed by atoms with van der Waals surface area (Å²) in [4.78, 5) is 0. The van der Waals surface area contributed by atoms with Gasteiger partial charge in [-0.25, -0.2) is 0 Å². The van der Waals surface area contributed by atoms with Crippen LogP contribution in [0.15, 0.2) is 11.6 Å². The van der Waals surface area contributed by atoms with Gasteiger partial charge in [0, 0.05) is 0 Å². The van der Waals surface area contributed by atoms with E-state index >= 15 is 0 Å². The third-order valence-electron chi connectivity index (χ3n) is 4.54. The maximum atomic E-state index is 10.0. The van der Waals surface area contributed by atoms with Gasteiger partial charge in [0.2, 0.25) is 0 Å². The lowest BCUT2D eigenvalue weighted by atomic mass is 9.74. The van der Waals surface area contributed by atoms with Crippen LogP contribution < -0.4 is 0 Å². The van der Waals surface area contributed by atoms with Crippen LogP contribution in [0, 0.1) is 11.3 Å². The fraction of sp³-hybridized carbons (Fsp3) is 0.857. The molecule has 0 radical (unpaired) electrons. The van der Waals surface area contributed by atoms with Gasteiger partial charge < -0.3 is 5.11 Å². The van der Waals surface area contributed by atoms with Gasteiger partial charge in [-0.3, -0.25) is 0 Å². The minimum Gasteiger partial charge on any atom is -0.390 e. The molecule has 0 aromatic rings. The van der Waals surface area contributed by atoms with E-state index in [1.807, 2.05) is 6.92 Å². The average Bonchev–Trinajstić information content (AvgIpc) is 2.40. The number of aliphatic hydroxyl groups is 1. The number of hydrogen-bond acceptors (Lipinski definition) is 1. The average molecular weight is 210 g/mol. The number of allylic oxidation sites excluding steroid dienone is 2. The molecule has 1 N–H and O–H groups in total. The van der Waals surface area contributed by atoms with E-state index in [-0.39, 0.29) is 0 Å². The van der Waals surface area contributed by atoms with E-state index in [0.717, 1.165) is 25.2 Å². The van der Waals surface area contributed by atoms with Crippen molar-refractivity contribution in [2.45, 2.75) is 65.9 Å². The Morgan fingerprint density at radius 2 is 2.13 bits per heavy atom. The van der Waals surface area contributed by atoms with Crippen LogP contribution in [-0.2, 0) is 0 Å². The normalized spacial score (nSPS) is 28.7. The molecule has 0 saturated heterocycles. The molecule has 0 aromatic heterocycles. The van der Waals surface area contributed by atoms with Crippen LogP contribution in [0.3, 0.4) is 0 Å². The Hall–Kier alpha value is -0.300. The first kappa shape index (κ1) is 12.8. The molecule has 0 spiro atoms. The molecular weight excluding hydrogens is 184 g/mol. The van der Waals surface area contributed by atoms with E-state index < -0.39 is 5.60 Å². The van der Waals surface area contributed by atoms with E-state index in [1.165, 1.54) is 12.0 Å². The fourth-order valence-corrected chi connectivity index (χ4v) is 2.34.